The van der Waals surface area contributed by atoms with Crippen LogP contribution < -0.4 is 5.32 Å². The van der Waals surface area contributed by atoms with E-state index in [1.165, 1.54) is 0 Å². The minimum atomic E-state index is 0.958. The number of allylic oxidation sites excluding steroid dienone is 1. The van der Waals surface area contributed by atoms with Crippen LogP contribution in [0, 0.1) is 0 Å². The predicted molar refractivity (Wildman–Crippen MR) is 86.8 cm³/mol. The van der Waals surface area contributed by atoms with E-state index in [9.17, 15) is 0 Å². The van der Waals surface area contributed by atoms with Gasteiger partial charge < -0.3 is 5.32 Å². The van der Waals surface area contributed by atoms with Crippen LogP contribution in [0.25, 0.3) is 0 Å². The molecule has 0 aliphatic heterocycles. The zero-order valence-corrected chi connectivity index (χ0v) is 11.9. The quantitative estimate of drug-likeness (QED) is 0.624. The summed E-state index contributed by atoms with van der Waals surface area (Å²) in [6.07, 6.45) is 3.77. The largest absolute Gasteiger partial charge is 0.361 e. The molecule has 0 atom stereocenters. The van der Waals surface area contributed by atoms with E-state index in [-0.39, 0.29) is 0 Å². The summed E-state index contributed by atoms with van der Waals surface area (Å²) in [6.45, 7) is 0. The Kier molecular flexibility index (Phi) is 4.96. The van der Waals surface area contributed by atoms with Crippen molar-refractivity contribution < 1.29 is 0 Å². The van der Waals surface area contributed by atoms with Crippen molar-refractivity contribution in [2.75, 3.05) is 5.32 Å². The molecule has 0 aliphatic rings. The molecule has 0 bridgehead atoms. The lowest BCUT2D eigenvalue weighted by atomic mass is 10.3. The van der Waals surface area contributed by atoms with Crippen LogP contribution in [0.1, 0.15) is 0 Å². The van der Waals surface area contributed by atoms with E-state index < -0.39 is 0 Å². The van der Waals surface area contributed by atoms with Crippen LogP contribution in [0.2, 0.25) is 0 Å². The zero-order valence-electron chi connectivity index (χ0n) is 9.75. The van der Waals surface area contributed by atoms with Gasteiger partial charge in [0.05, 0.1) is 5.69 Å². The Morgan fingerprint density at radius 1 is 0.944 bits per heavy atom. The number of halogens is 1. The minimum Gasteiger partial charge on any atom is -0.361 e. The Balaban J connectivity index is 1.96. The molecular formula is C15H13IN2. The van der Waals surface area contributed by atoms with E-state index in [2.05, 4.69) is 32.9 Å². The maximum atomic E-state index is 4.38. The van der Waals surface area contributed by atoms with E-state index in [0.717, 1.165) is 15.0 Å². The number of nitrogens with zero attached hydrogens (tertiary/aromatic N) is 1. The van der Waals surface area contributed by atoms with Crippen LogP contribution in [-0.4, -0.2) is 6.21 Å². The van der Waals surface area contributed by atoms with Crippen LogP contribution in [0.4, 0.5) is 11.4 Å². The molecule has 0 aliphatic carbocycles. The monoisotopic (exact) mass is 348 g/mol. The predicted octanol–water partition coefficient (Wildman–Crippen LogP) is 4.78. The minimum absolute atomic E-state index is 0.958. The molecule has 0 amide bonds. The van der Waals surface area contributed by atoms with Gasteiger partial charge in [0.1, 0.15) is 0 Å². The standard InChI is InChI=1S/C15H13IN2/c16-13(11-17-14-7-3-1-4-8-14)12-18-15-9-5-2-6-10-15/h1-12,17H. The number of para-hydroxylation sites is 2. The molecule has 1 N–H and O–H groups in total. The van der Waals surface area contributed by atoms with Crippen LogP contribution in [0.15, 0.2) is 75.4 Å². The highest BCUT2D eigenvalue weighted by molar-refractivity contribution is 14.1. The highest BCUT2D eigenvalue weighted by atomic mass is 127. The first-order valence-corrected chi connectivity index (χ1v) is 6.69. The van der Waals surface area contributed by atoms with Crippen molar-refractivity contribution in [3.05, 3.63) is 70.4 Å². The average Bonchev–Trinajstić information content (AvgIpc) is 2.45. The summed E-state index contributed by atoms with van der Waals surface area (Å²) in [5.41, 5.74) is 2.03. The average molecular weight is 348 g/mol. The van der Waals surface area contributed by atoms with Gasteiger partial charge >= 0.3 is 0 Å². The van der Waals surface area contributed by atoms with E-state index >= 15 is 0 Å². The van der Waals surface area contributed by atoms with Gasteiger partial charge in [0.15, 0.2) is 0 Å². The van der Waals surface area contributed by atoms with Crippen molar-refractivity contribution >= 4 is 40.2 Å². The van der Waals surface area contributed by atoms with Gasteiger partial charge in [0, 0.05) is 21.7 Å². The Bertz CT molecular complexity index is 533. The number of rotatable bonds is 4. The summed E-state index contributed by atoms with van der Waals surface area (Å²) < 4.78 is 1.04. The molecule has 0 saturated heterocycles. The van der Waals surface area contributed by atoms with Crippen molar-refractivity contribution in [1.29, 1.82) is 0 Å². The number of nitrogens with one attached hydrogen (secondary N) is 1. The van der Waals surface area contributed by atoms with Gasteiger partial charge in [-0.25, -0.2) is 0 Å². The molecule has 18 heavy (non-hydrogen) atoms. The molecule has 0 saturated carbocycles. The smallest absolute Gasteiger partial charge is 0.0630 e. The van der Waals surface area contributed by atoms with Gasteiger partial charge in [-0.1, -0.05) is 36.4 Å². The number of anilines is 1. The van der Waals surface area contributed by atoms with Crippen LogP contribution in [0.3, 0.4) is 0 Å². The molecule has 2 aromatic carbocycles. The number of hydrogen-bond donors (Lipinski definition) is 1. The van der Waals surface area contributed by atoms with E-state index in [0.29, 0.717) is 0 Å². The number of hydrogen-bond acceptors (Lipinski definition) is 2. The van der Waals surface area contributed by atoms with Gasteiger partial charge in [0.2, 0.25) is 0 Å². The molecule has 2 rings (SSSR count). The first-order valence-electron chi connectivity index (χ1n) is 5.61. The van der Waals surface area contributed by atoms with Gasteiger partial charge in [-0.05, 0) is 46.9 Å². The molecule has 0 spiro atoms. The van der Waals surface area contributed by atoms with Gasteiger partial charge in [-0.2, -0.15) is 0 Å². The fourth-order valence-electron chi connectivity index (χ4n) is 1.37. The third kappa shape index (κ3) is 4.33. The highest BCUT2D eigenvalue weighted by Gasteiger charge is 1.89. The van der Waals surface area contributed by atoms with Gasteiger partial charge in [-0.15, -0.1) is 0 Å². The lowest BCUT2D eigenvalue weighted by molar-refractivity contribution is 1.53. The van der Waals surface area contributed by atoms with Crippen molar-refractivity contribution in [2.24, 2.45) is 4.99 Å². The molecule has 3 heteroatoms. The van der Waals surface area contributed by atoms with Gasteiger partial charge in [0.25, 0.3) is 0 Å². The Morgan fingerprint density at radius 3 is 2.22 bits per heavy atom. The van der Waals surface area contributed by atoms with Crippen LogP contribution >= 0.6 is 22.6 Å². The molecular weight excluding hydrogens is 335 g/mol. The third-order valence-electron chi connectivity index (χ3n) is 2.24. The lowest BCUT2D eigenvalue weighted by Gasteiger charge is -1.99. The van der Waals surface area contributed by atoms with E-state index in [4.69, 9.17) is 0 Å². The Hall–Kier alpha value is -1.62. The Labute approximate surface area is 121 Å². The maximum Gasteiger partial charge on any atom is 0.0630 e. The third-order valence-corrected chi connectivity index (χ3v) is 2.83. The molecule has 0 heterocycles. The molecule has 0 fully saturated rings. The van der Waals surface area contributed by atoms with E-state index in [1.54, 1.807) is 0 Å². The Morgan fingerprint density at radius 2 is 1.56 bits per heavy atom. The zero-order chi connectivity index (χ0) is 12.6. The molecule has 0 aromatic heterocycles. The SMILES string of the molecule is IC(C=Nc1ccccc1)=CNc1ccccc1. The first kappa shape index (κ1) is 12.8. The summed E-state index contributed by atoms with van der Waals surface area (Å²) in [6, 6.07) is 19.9. The fourth-order valence-corrected chi connectivity index (χ4v) is 1.67. The van der Waals surface area contributed by atoms with Gasteiger partial charge in [-0.3, -0.25) is 4.99 Å². The number of aliphatic imine (C=N–C) groups is 1. The second kappa shape index (κ2) is 6.96. The second-order valence-corrected chi connectivity index (χ2v) is 4.88. The summed E-state index contributed by atoms with van der Waals surface area (Å²) in [7, 11) is 0. The van der Waals surface area contributed by atoms with Crippen molar-refractivity contribution in [1.82, 2.24) is 0 Å². The number of benzene rings is 2. The summed E-state index contributed by atoms with van der Waals surface area (Å²) >= 11 is 2.24. The van der Waals surface area contributed by atoms with E-state index in [1.807, 2.05) is 73.1 Å². The lowest BCUT2D eigenvalue weighted by Crippen LogP contribution is -1.88. The summed E-state index contributed by atoms with van der Waals surface area (Å²) in [4.78, 5) is 4.38. The van der Waals surface area contributed by atoms with Crippen molar-refractivity contribution in [3.8, 4) is 0 Å². The molecule has 0 radical (unpaired) electrons. The summed E-state index contributed by atoms with van der Waals surface area (Å²) in [5, 5.41) is 3.22. The summed E-state index contributed by atoms with van der Waals surface area (Å²) in [5.74, 6) is 0. The highest BCUT2D eigenvalue weighted by Crippen LogP contribution is 2.12. The fraction of sp³-hybridized carbons (Fsp3) is 0. The topological polar surface area (TPSA) is 24.4 Å². The van der Waals surface area contributed by atoms with Crippen molar-refractivity contribution in [3.63, 3.8) is 0 Å². The second-order valence-electron chi connectivity index (χ2n) is 3.63. The molecule has 0 unspecified atom stereocenters. The van der Waals surface area contributed by atoms with Crippen LogP contribution in [-0.2, 0) is 0 Å². The van der Waals surface area contributed by atoms with Crippen LogP contribution in [0.5, 0.6) is 0 Å². The normalized spacial score (nSPS) is 11.7. The molecule has 2 aromatic rings. The first-order chi connectivity index (χ1) is 8.84. The maximum absolute atomic E-state index is 4.38. The molecule has 90 valence electrons. The molecule has 2 nitrogen and oxygen atoms in total. The van der Waals surface area contributed by atoms with Crippen molar-refractivity contribution in [2.45, 2.75) is 0 Å².